The van der Waals surface area contributed by atoms with E-state index in [0.717, 1.165) is 0 Å². The molecule has 5 heteroatoms. The minimum atomic E-state index is -2.92. The fraction of sp³-hybridized carbons (Fsp3) is 0.444. The Morgan fingerprint density at radius 2 is 2.21 bits per heavy atom. The molecule has 0 radical (unpaired) electrons. The van der Waals surface area contributed by atoms with E-state index in [0.29, 0.717) is 12.0 Å². The molecule has 0 N–H and O–H groups in total. The van der Waals surface area contributed by atoms with Gasteiger partial charge in [0.1, 0.15) is 5.44 Å². The van der Waals surface area contributed by atoms with E-state index in [1.54, 1.807) is 43.2 Å². The van der Waals surface area contributed by atoms with Gasteiger partial charge in [0.2, 0.25) is 0 Å². The maximum atomic E-state index is 12.4. The first kappa shape index (κ1) is 11.4. The van der Waals surface area contributed by atoms with Crippen LogP contribution in [0, 0.1) is 0 Å². The smallest absolute Gasteiger partial charge is 0.313 e. The molecule has 0 saturated heterocycles. The topological polar surface area (TPSA) is 42.4 Å². The Morgan fingerprint density at radius 1 is 1.50 bits per heavy atom. The molecule has 78 valence electrons. The summed E-state index contributed by atoms with van der Waals surface area (Å²) in [5, 5.41) is 0. The highest BCUT2D eigenvalue weighted by atomic mass is 31.2. The number of pyridine rings is 1. The molecule has 1 unspecified atom stereocenters. The van der Waals surface area contributed by atoms with Crippen LogP contribution in [-0.2, 0) is 9.09 Å². The fourth-order valence-electron chi connectivity index (χ4n) is 1.08. The molecule has 0 saturated carbocycles. The molecule has 1 aromatic heterocycles. The highest BCUT2D eigenvalue weighted by Crippen LogP contribution is 2.46. The number of hydrogen-bond donors (Lipinski definition) is 0. The molecule has 4 nitrogen and oxygen atoms in total. The van der Waals surface area contributed by atoms with Crippen molar-refractivity contribution >= 4 is 13.0 Å². The second-order valence-electron chi connectivity index (χ2n) is 2.97. The zero-order valence-electron chi connectivity index (χ0n) is 8.67. The summed E-state index contributed by atoms with van der Waals surface area (Å²) < 4.78 is 19.2. The Kier molecular flexibility index (Phi) is 3.81. The molecule has 1 rings (SSSR count). The number of rotatable bonds is 4. The van der Waals surface area contributed by atoms with Gasteiger partial charge in [0.15, 0.2) is 0 Å². The molecular formula is C9H15N2O2P. The highest BCUT2D eigenvalue weighted by molar-refractivity contribution is 7.64. The molecule has 0 aliphatic carbocycles. The van der Waals surface area contributed by atoms with Gasteiger partial charge in [0, 0.05) is 6.20 Å². The van der Waals surface area contributed by atoms with Gasteiger partial charge in [-0.15, -0.1) is 0 Å². The molecule has 1 atom stereocenters. The van der Waals surface area contributed by atoms with Crippen LogP contribution in [0.3, 0.4) is 0 Å². The van der Waals surface area contributed by atoms with Crippen molar-refractivity contribution in [1.29, 1.82) is 0 Å². The fourth-order valence-corrected chi connectivity index (χ4v) is 2.69. The van der Waals surface area contributed by atoms with Gasteiger partial charge in [-0.25, -0.2) is 9.65 Å². The lowest BCUT2D eigenvalue weighted by Crippen LogP contribution is -2.22. The van der Waals surface area contributed by atoms with Crippen LogP contribution in [0.25, 0.3) is 0 Å². The largest absolute Gasteiger partial charge is 0.319 e. The summed E-state index contributed by atoms with van der Waals surface area (Å²) in [6.07, 6.45) is 1.62. The summed E-state index contributed by atoms with van der Waals surface area (Å²) in [4.78, 5) is 4.06. The van der Waals surface area contributed by atoms with Crippen molar-refractivity contribution in [2.75, 3.05) is 20.7 Å². The van der Waals surface area contributed by atoms with Crippen LogP contribution >= 0.6 is 7.52 Å². The molecular weight excluding hydrogens is 199 g/mol. The van der Waals surface area contributed by atoms with Crippen molar-refractivity contribution in [3.05, 3.63) is 24.4 Å². The Hall–Kier alpha value is -0.700. The first-order valence-electron chi connectivity index (χ1n) is 4.45. The number of aromatic nitrogens is 1. The highest BCUT2D eigenvalue weighted by Gasteiger charge is 2.29. The molecule has 0 aromatic carbocycles. The molecule has 0 aliphatic rings. The third-order valence-electron chi connectivity index (χ3n) is 1.77. The maximum absolute atomic E-state index is 12.4. The van der Waals surface area contributed by atoms with Gasteiger partial charge in [-0.1, -0.05) is 6.07 Å². The van der Waals surface area contributed by atoms with E-state index >= 15 is 0 Å². The van der Waals surface area contributed by atoms with E-state index in [9.17, 15) is 4.57 Å². The van der Waals surface area contributed by atoms with Crippen LogP contribution in [0.2, 0.25) is 0 Å². The summed E-state index contributed by atoms with van der Waals surface area (Å²) in [6.45, 7) is 2.23. The third-order valence-corrected chi connectivity index (χ3v) is 4.27. The monoisotopic (exact) mass is 214 g/mol. The van der Waals surface area contributed by atoms with Gasteiger partial charge >= 0.3 is 7.52 Å². The molecule has 0 aliphatic heterocycles. The first-order chi connectivity index (χ1) is 6.61. The van der Waals surface area contributed by atoms with Gasteiger partial charge in [0.05, 0.1) is 6.61 Å². The lowest BCUT2D eigenvalue weighted by Gasteiger charge is -2.22. The summed E-state index contributed by atoms with van der Waals surface area (Å²) in [5.74, 6) is 0. The van der Waals surface area contributed by atoms with Crippen molar-refractivity contribution in [3.63, 3.8) is 0 Å². The van der Waals surface area contributed by atoms with E-state index in [-0.39, 0.29) is 0 Å². The molecule has 1 aromatic rings. The molecule has 0 bridgehead atoms. The summed E-state index contributed by atoms with van der Waals surface area (Å²) in [7, 11) is 0.533. The van der Waals surface area contributed by atoms with E-state index in [1.165, 1.54) is 0 Å². The van der Waals surface area contributed by atoms with Gasteiger partial charge in [-0.2, -0.15) is 0 Å². The second kappa shape index (κ2) is 4.69. The number of hydrogen-bond acceptors (Lipinski definition) is 3. The average Bonchev–Trinajstić information content (AvgIpc) is 2.19. The number of nitrogens with zero attached hydrogens (tertiary/aromatic N) is 2. The van der Waals surface area contributed by atoms with E-state index in [2.05, 4.69) is 4.98 Å². The zero-order chi connectivity index (χ0) is 10.6. The quantitative estimate of drug-likeness (QED) is 0.712. The van der Waals surface area contributed by atoms with Gasteiger partial charge in [0.25, 0.3) is 0 Å². The second-order valence-corrected chi connectivity index (χ2v) is 5.53. The van der Waals surface area contributed by atoms with Crippen LogP contribution < -0.4 is 5.44 Å². The summed E-state index contributed by atoms with van der Waals surface area (Å²) in [6, 6.07) is 5.31. The Balaban J connectivity index is 3.07. The normalized spacial score (nSPS) is 15.4. The minimum Gasteiger partial charge on any atom is -0.313 e. The summed E-state index contributed by atoms with van der Waals surface area (Å²) >= 11 is 0. The Labute approximate surface area is 84.4 Å². The zero-order valence-corrected chi connectivity index (χ0v) is 9.57. The molecule has 14 heavy (non-hydrogen) atoms. The average molecular weight is 214 g/mol. The maximum Gasteiger partial charge on any atom is 0.319 e. The first-order valence-corrected chi connectivity index (χ1v) is 6.03. The van der Waals surface area contributed by atoms with Crippen molar-refractivity contribution in [1.82, 2.24) is 9.65 Å². The molecule has 0 spiro atoms. The van der Waals surface area contributed by atoms with Crippen LogP contribution in [0.1, 0.15) is 6.92 Å². The van der Waals surface area contributed by atoms with Crippen LogP contribution in [0.15, 0.2) is 24.4 Å². The van der Waals surface area contributed by atoms with Crippen molar-refractivity contribution < 1.29 is 9.09 Å². The van der Waals surface area contributed by atoms with Gasteiger partial charge in [-0.3, -0.25) is 4.57 Å². The lowest BCUT2D eigenvalue weighted by molar-refractivity contribution is 0.306. The minimum absolute atomic E-state index is 0.409. The predicted molar refractivity (Wildman–Crippen MR) is 56.8 cm³/mol. The summed E-state index contributed by atoms with van der Waals surface area (Å²) in [5.41, 5.74) is 0.492. The Morgan fingerprint density at radius 3 is 2.64 bits per heavy atom. The molecule has 0 amide bonds. The van der Waals surface area contributed by atoms with Gasteiger partial charge in [-0.05, 0) is 33.2 Å². The van der Waals surface area contributed by atoms with Crippen molar-refractivity contribution in [2.24, 2.45) is 0 Å². The van der Waals surface area contributed by atoms with Crippen LogP contribution in [0.5, 0.6) is 0 Å². The van der Waals surface area contributed by atoms with Crippen molar-refractivity contribution in [2.45, 2.75) is 6.92 Å². The van der Waals surface area contributed by atoms with E-state index < -0.39 is 7.52 Å². The van der Waals surface area contributed by atoms with E-state index in [1.807, 2.05) is 6.92 Å². The Bertz CT molecular complexity index is 327. The van der Waals surface area contributed by atoms with Gasteiger partial charge < -0.3 is 4.52 Å². The third kappa shape index (κ3) is 2.21. The molecule has 1 heterocycles. The predicted octanol–water partition coefficient (Wildman–Crippen LogP) is 1.50. The lowest BCUT2D eigenvalue weighted by atomic mass is 10.5. The van der Waals surface area contributed by atoms with Crippen LogP contribution in [-0.4, -0.2) is 30.4 Å². The van der Waals surface area contributed by atoms with E-state index in [4.69, 9.17) is 4.52 Å². The van der Waals surface area contributed by atoms with Crippen LogP contribution in [0.4, 0.5) is 0 Å². The molecule has 0 fully saturated rings. The standard InChI is InChI=1S/C9H15N2O2P/c1-4-13-14(12,11(2)3)9-7-5-6-8-10-9/h5-8H,4H2,1-3H3. The SMILES string of the molecule is CCOP(=O)(c1ccccn1)N(C)C. The van der Waals surface area contributed by atoms with Crippen molar-refractivity contribution in [3.8, 4) is 0 Å².